The van der Waals surface area contributed by atoms with E-state index in [1.54, 1.807) is 0 Å². The summed E-state index contributed by atoms with van der Waals surface area (Å²) >= 11 is 0. The fourth-order valence-corrected chi connectivity index (χ4v) is 8.45. The van der Waals surface area contributed by atoms with E-state index in [4.69, 9.17) is 5.26 Å². The van der Waals surface area contributed by atoms with Crippen LogP contribution in [0.25, 0.3) is 0 Å². The van der Waals surface area contributed by atoms with E-state index in [-0.39, 0.29) is 46.9 Å². The molecule has 0 unspecified atom stereocenters. The first-order valence-corrected chi connectivity index (χ1v) is 12.4. The molecule has 0 amide bonds. The van der Waals surface area contributed by atoms with Crippen molar-refractivity contribution in [3.05, 3.63) is 17.5 Å². The van der Waals surface area contributed by atoms with Crippen molar-refractivity contribution in [3.63, 3.8) is 0 Å². The summed E-state index contributed by atoms with van der Waals surface area (Å²) in [5, 5.41) is 33.1. The number of fused-ring (bicyclic) bond motifs is 5. The SMILES string of the molecule is C[C@@]1(O)CC[C@@]2(F)[C@H](CC[C@H]3[C@@H]4CC[C@H](C(=O)Cn5nc(C#N)cc5C#N)[C@@]4(C)CC[C@@H]32)C1. The van der Waals surface area contributed by atoms with Crippen LogP contribution < -0.4 is 0 Å². The fourth-order valence-electron chi connectivity index (χ4n) is 8.45. The van der Waals surface area contributed by atoms with Crippen LogP contribution in [0.3, 0.4) is 0 Å². The van der Waals surface area contributed by atoms with E-state index < -0.39 is 11.3 Å². The van der Waals surface area contributed by atoms with Gasteiger partial charge in [0.2, 0.25) is 0 Å². The molecular weight excluding hydrogens is 419 g/mol. The number of hydrogen-bond donors (Lipinski definition) is 1. The number of aromatic nitrogens is 2. The second-order valence-electron chi connectivity index (χ2n) is 11.7. The first-order chi connectivity index (χ1) is 15.6. The zero-order valence-corrected chi connectivity index (χ0v) is 19.6. The van der Waals surface area contributed by atoms with Gasteiger partial charge in [-0.1, -0.05) is 6.92 Å². The molecule has 4 aliphatic carbocycles. The molecule has 176 valence electrons. The Morgan fingerprint density at radius 2 is 1.94 bits per heavy atom. The van der Waals surface area contributed by atoms with Gasteiger partial charge in [0.05, 0.1) is 5.60 Å². The first kappa shape index (κ1) is 22.5. The van der Waals surface area contributed by atoms with E-state index in [0.717, 1.165) is 38.5 Å². The number of ketones is 1. The maximum Gasteiger partial charge on any atom is 0.163 e. The molecule has 1 heterocycles. The maximum atomic E-state index is 16.5. The number of rotatable bonds is 3. The summed E-state index contributed by atoms with van der Waals surface area (Å²) in [5.74, 6) is 0.572. The average Bonchev–Trinajstić information content (AvgIpc) is 3.34. The van der Waals surface area contributed by atoms with Crippen LogP contribution >= 0.6 is 0 Å². The van der Waals surface area contributed by atoms with Crippen LogP contribution in [0.15, 0.2) is 6.07 Å². The molecule has 0 saturated heterocycles. The van der Waals surface area contributed by atoms with Crippen LogP contribution in [0.4, 0.5) is 4.39 Å². The van der Waals surface area contributed by atoms with Crippen LogP contribution in [0.2, 0.25) is 0 Å². The van der Waals surface area contributed by atoms with E-state index in [0.29, 0.717) is 31.1 Å². The van der Waals surface area contributed by atoms with Gasteiger partial charge in [-0.15, -0.1) is 0 Å². The highest BCUT2D eigenvalue weighted by molar-refractivity contribution is 5.82. The van der Waals surface area contributed by atoms with Crippen LogP contribution in [-0.2, 0) is 11.3 Å². The quantitative estimate of drug-likeness (QED) is 0.736. The predicted octanol–water partition coefficient (Wildman–Crippen LogP) is 4.31. The van der Waals surface area contributed by atoms with E-state index in [9.17, 15) is 15.2 Å². The fraction of sp³-hybridized carbons (Fsp3) is 0.769. The highest BCUT2D eigenvalue weighted by atomic mass is 19.1. The molecule has 6 nitrogen and oxygen atoms in total. The lowest BCUT2D eigenvalue weighted by molar-refractivity contribution is -0.166. The predicted molar refractivity (Wildman–Crippen MR) is 118 cm³/mol. The Morgan fingerprint density at radius 3 is 2.67 bits per heavy atom. The van der Waals surface area contributed by atoms with E-state index in [1.165, 1.54) is 10.7 Å². The Labute approximate surface area is 194 Å². The number of carbonyl (C=O) groups excluding carboxylic acids is 1. The molecule has 0 bridgehead atoms. The molecule has 33 heavy (non-hydrogen) atoms. The van der Waals surface area contributed by atoms with E-state index in [2.05, 4.69) is 12.0 Å². The van der Waals surface area contributed by atoms with Crippen LogP contribution in [0.1, 0.15) is 83.0 Å². The van der Waals surface area contributed by atoms with Gasteiger partial charge in [0.1, 0.15) is 30.0 Å². The molecule has 1 aromatic heterocycles. The molecule has 1 aromatic rings. The number of nitrogens with zero attached hydrogens (tertiary/aromatic N) is 4. The van der Waals surface area contributed by atoms with Gasteiger partial charge in [-0.05, 0) is 93.8 Å². The van der Waals surface area contributed by atoms with Crippen molar-refractivity contribution in [3.8, 4) is 12.1 Å². The van der Waals surface area contributed by atoms with Gasteiger partial charge in [-0.3, -0.25) is 4.79 Å². The van der Waals surface area contributed by atoms with Crippen molar-refractivity contribution in [1.82, 2.24) is 9.78 Å². The molecule has 0 aliphatic heterocycles. The first-order valence-electron chi connectivity index (χ1n) is 12.4. The second kappa shape index (κ2) is 7.64. The van der Waals surface area contributed by atoms with Crippen molar-refractivity contribution < 1.29 is 14.3 Å². The Bertz CT molecular complexity index is 1050. The summed E-state index contributed by atoms with van der Waals surface area (Å²) in [7, 11) is 0. The number of alkyl halides is 1. The lowest BCUT2D eigenvalue weighted by Crippen LogP contribution is -2.58. The highest BCUT2D eigenvalue weighted by Gasteiger charge is 2.63. The van der Waals surface area contributed by atoms with Crippen LogP contribution in [0, 0.1) is 57.7 Å². The number of carbonyl (C=O) groups is 1. The third-order valence-electron chi connectivity index (χ3n) is 10.0. The van der Waals surface area contributed by atoms with Crippen LogP contribution in [-0.4, -0.2) is 31.9 Å². The largest absolute Gasteiger partial charge is 0.390 e. The maximum absolute atomic E-state index is 16.5. The Kier molecular flexibility index (Phi) is 5.21. The number of aliphatic hydroxyl groups is 1. The zero-order chi connectivity index (χ0) is 23.6. The van der Waals surface area contributed by atoms with Gasteiger partial charge in [-0.25, -0.2) is 9.07 Å². The summed E-state index contributed by atoms with van der Waals surface area (Å²) in [6.07, 6.45) is 6.76. The lowest BCUT2D eigenvalue weighted by Gasteiger charge is -2.59. The summed E-state index contributed by atoms with van der Waals surface area (Å²) in [4.78, 5) is 13.4. The number of nitriles is 2. The van der Waals surface area contributed by atoms with Gasteiger partial charge in [0.25, 0.3) is 0 Å². The molecule has 0 aromatic carbocycles. The third-order valence-corrected chi connectivity index (χ3v) is 10.0. The van der Waals surface area contributed by atoms with Crippen molar-refractivity contribution in [2.75, 3.05) is 0 Å². The van der Waals surface area contributed by atoms with Crippen molar-refractivity contribution >= 4 is 5.78 Å². The van der Waals surface area contributed by atoms with Gasteiger partial charge in [-0.2, -0.15) is 15.6 Å². The van der Waals surface area contributed by atoms with Gasteiger partial charge < -0.3 is 5.11 Å². The molecule has 4 fully saturated rings. The Balaban J connectivity index is 1.35. The third kappa shape index (κ3) is 3.43. The van der Waals surface area contributed by atoms with E-state index in [1.807, 2.05) is 19.1 Å². The summed E-state index contributed by atoms with van der Waals surface area (Å²) < 4.78 is 17.9. The van der Waals surface area contributed by atoms with Gasteiger partial charge in [0.15, 0.2) is 11.5 Å². The molecule has 4 aliphatic rings. The average molecular weight is 453 g/mol. The van der Waals surface area contributed by atoms with Gasteiger partial charge in [0, 0.05) is 12.0 Å². The Hall–Kier alpha value is -2.25. The normalized spacial score (nSPS) is 44.1. The van der Waals surface area contributed by atoms with Crippen LogP contribution in [0.5, 0.6) is 0 Å². The molecule has 0 spiro atoms. The molecule has 1 N–H and O–H groups in total. The number of Topliss-reactive ketones (excluding diaryl/α,β-unsaturated/α-hetero) is 1. The molecule has 4 saturated carbocycles. The minimum atomic E-state index is -1.18. The summed E-state index contributed by atoms with van der Waals surface area (Å²) in [6.45, 7) is 4.08. The highest BCUT2D eigenvalue weighted by Crippen LogP contribution is 2.66. The molecular formula is C26H33FN4O2. The van der Waals surface area contributed by atoms with Gasteiger partial charge >= 0.3 is 0 Å². The van der Waals surface area contributed by atoms with Crippen molar-refractivity contribution in [1.29, 1.82) is 10.5 Å². The lowest BCUT2D eigenvalue weighted by atomic mass is 9.48. The minimum absolute atomic E-state index is 0.00977. The second-order valence-corrected chi connectivity index (χ2v) is 11.7. The number of hydrogen-bond acceptors (Lipinski definition) is 5. The Morgan fingerprint density at radius 1 is 1.15 bits per heavy atom. The minimum Gasteiger partial charge on any atom is -0.390 e. The molecule has 8 atom stereocenters. The van der Waals surface area contributed by atoms with Crippen molar-refractivity contribution in [2.24, 2.45) is 35.0 Å². The molecule has 0 radical (unpaired) electrons. The van der Waals surface area contributed by atoms with E-state index >= 15 is 4.39 Å². The van der Waals surface area contributed by atoms with Crippen molar-refractivity contribution in [2.45, 2.75) is 89.4 Å². The monoisotopic (exact) mass is 452 g/mol. The summed E-state index contributed by atoms with van der Waals surface area (Å²) in [6, 6.07) is 5.37. The zero-order valence-electron chi connectivity index (χ0n) is 19.6. The number of halogens is 1. The standard InChI is InChI=1S/C26H33FN4O2/c1-24(33)9-10-26(27)16(12-24)3-4-19-20-5-6-22(25(20,2)8-7-21(19)26)23(32)15-31-18(14-29)11-17(13-28)30-31/h11,16,19-22,33H,3-10,12,15H2,1-2H3/t16-,19+,20+,21+,22-,24-,25+,26-/m1/s1. The smallest absolute Gasteiger partial charge is 0.163 e. The molecule has 5 rings (SSSR count). The topological polar surface area (TPSA) is 103 Å². The summed E-state index contributed by atoms with van der Waals surface area (Å²) in [5.41, 5.74) is -1.71. The molecule has 7 heteroatoms.